The first kappa shape index (κ1) is 15.2. The molecule has 3 fully saturated rings. The van der Waals surface area contributed by atoms with E-state index in [0.29, 0.717) is 54.9 Å². The van der Waals surface area contributed by atoms with Gasteiger partial charge in [-0.3, -0.25) is 9.59 Å². The number of fused-ring (bicyclic) bond motifs is 5. The number of ketones is 2. The van der Waals surface area contributed by atoms with Crippen LogP contribution in [0.5, 0.6) is 0 Å². The fourth-order valence-electron chi connectivity index (χ4n) is 6.45. The molecule has 23 heavy (non-hydrogen) atoms. The van der Waals surface area contributed by atoms with Crippen LogP contribution in [0.15, 0.2) is 16.4 Å². The van der Waals surface area contributed by atoms with E-state index in [1.807, 2.05) is 0 Å². The van der Waals surface area contributed by atoms with Crippen molar-refractivity contribution in [3.8, 4) is 0 Å². The first-order valence-electron chi connectivity index (χ1n) is 9.01. The minimum absolute atomic E-state index is 0.0625. The molecule has 0 unspecified atom stereocenters. The van der Waals surface area contributed by atoms with Crippen LogP contribution < -0.4 is 0 Å². The van der Waals surface area contributed by atoms with Crippen LogP contribution in [0.2, 0.25) is 0 Å². The maximum atomic E-state index is 12.4. The minimum atomic E-state index is -0.187. The van der Waals surface area contributed by atoms with Crippen molar-refractivity contribution in [1.82, 2.24) is 0 Å². The van der Waals surface area contributed by atoms with Crippen molar-refractivity contribution in [2.75, 3.05) is 0 Å². The monoisotopic (exact) mass is 315 g/mol. The van der Waals surface area contributed by atoms with Gasteiger partial charge in [-0.05, 0) is 66.0 Å². The molecule has 124 valence electrons. The van der Waals surface area contributed by atoms with Gasteiger partial charge in [0.25, 0.3) is 0 Å². The molecule has 0 bridgehead atoms. The van der Waals surface area contributed by atoms with Crippen molar-refractivity contribution >= 4 is 11.6 Å². The Kier molecular flexibility index (Phi) is 3.20. The molecule has 0 heterocycles. The molecule has 4 aliphatic carbocycles. The number of Topliss-reactive ketones (excluding diaryl/α,β-unsaturated/α-hetero) is 2. The number of nitroso groups, excluding NO2 is 1. The maximum Gasteiger partial charge on any atom is 0.139 e. The van der Waals surface area contributed by atoms with Crippen LogP contribution in [-0.4, -0.2) is 11.6 Å². The number of carbonyl (C=O) groups is 2. The van der Waals surface area contributed by atoms with Gasteiger partial charge in [-0.25, -0.2) is 0 Å². The molecule has 4 rings (SSSR count). The van der Waals surface area contributed by atoms with Crippen molar-refractivity contribution in [1.29, 1.82) is 0 Å². The third-order valence-corrected chi connectivity index (χ3v) is 7.84. The zero-order chi connectivity index (χ0) is 16.4. The Labute approximate surface area is 137 Å². The number of nitrogens with zero attached hydrogens (tertiary/aromatic N) is 1. The normalized spacial score (nSPS) is 46.3. The average molecular weight is 315 g/mol. The topological polar surface area (TPSA) is 63.6 Å². The Balaban J connectivity index is 1.79. The fourth-order valence-corrected chi connectivity index (χ4v) is 6.45. The molecule has 4 aliphatic rings. The Bertz CT molecular complexity index is 637. The molecule has 0 aromatic carbocycles. The lowest BCUT2D eigenvalue weighted by atomic mass is 9.47. The number of hydrogen-bond acceptors (Lipinski definition) is 4. The SMILES string of the molecule is C[C@]12CCC(=O)CC1=C(N=O)C[C@@H]1[C@@H]2CC[C@]2(C)C(=O)CC[C@@H]12. The summed E-state index contributed by atoms with van der Waals surface area (Å²) < 4.78 is 0. The molecule has 0 amide bonds. The van der Waals surface area contributed by atoms with E-state index in [1.54, 1.807) is 0 Å². The highest BCUT2D eigenvalue weighted by molar-refractivity contribution is 5.87. The molecule has 0 radical (unpaired) electrons. The minimum Gasteiger partial charge on any atom is -0.299 e. The summed E-state index contributed by atoms with van der Waals surface area (Å²) in [6.07, 6.45) is 6.24. The van der Waals surface area contributed by atoms with Gasteiger partial charge < -0.3 is 0 Å². The zero-order valence-electron chi connectivity index (χ0n) is 14.1. The lowest BCUT2D eigenvalue weighted by Gasteiger charge is -2.56. The summed E-state index contributed by atoms with van der Waals surface area (Å²) in [5.41, 5.74) is 1.41. The van der Waals surface area contributed by atoms with E-state index in [2.05, 4.69) is 19.0 Å². The molecule has 5 atom stereocenters. The smallest absolute Gasteiger partial charge is 0.139 e. The first-order valence-corrected chi connectivity index (χ1v) is 9.01. The number of carbonyl (C=O) groups excluding carboxylic acids is 2. The summed E-state index contributed by atoms with van der Waals surface area (Å²) in [7, 11) is 0. The van der Waals surface area contributed by atoms with Crippen LogP contribution >= 0.6 is 0 Å². The van der Waals surface area contributed by atoms with Crippen LogP contribution in [0.4, 0.5) is 0 Å². The van der Waals surface area contributed by atoms with Crippen molar-refractivity contribution in [2.45, 2.75) is 65.2 Å². The second kappa shape index (κ2) is 4.84. The highest BCUT2D eigenvalue weighted by Gasteiger charge is 2.59. The lowest BCUT2D eigenvalue weighted by Crippen LogP contribution is -2.51. The number of rotatable bonds is 1. The largest absolute Gasteiger partial charge is 0.299 e. The number of hydrogen-bond donors (Lipinski definition) is 0. The molecule has 0 spiro atoms. The van der Waals surface area contributed by atoms with Crippen LogP contribution in [0, 0.1) is 33.5 Å². The second-order valence-corrected chi connectivity index (χ2v) is 8.65. The van der Waals surface area contributed by atoms with E-state index in [0.717, 1.165) is 31.3 Å². The molecule has 0 N–H and O–H groups in total. The highest BCUT2D eigenvalue weighted by atomic mass is 16.3. The third kappa shape index (κ3) is 1.90. The van der Waals surface area contributed by atoms with Gasteiger partial charge in [0, 0.05) is 24.7 Å². The van der Waals surface area contributed by atoms with Crippen LogP contribution in [-0.2, 0) is 9.59 Å². The summed E-state index contributed by atoms with van der Waals surface area (Å²) in [5, 5.41) is 3.35. The predicted octanol–water partition coefficient (Wildman–Crippen LogP) is 4.18. The van der Waals surface area contributed by atoms with Crippen molar-refractivity contribution in [3.63, 3.8) is 0 Å². The van der Waals surface area contributed by atoms with Crippen molar-refractivity contribution < 1.29 is 9.59 Å². The van der Waals surface area contributed by atoms with Gasteiger partial charge >= 0.3 is 0 Å². The summed E-state index contributed by atoms with van der Waals surface area (Å²) in [4.78, 5) is 35.8. The quantitative estimate of drug-likeness (QED) is 0.682. The predicted molar refractivity (Wildman–Crippen MR) is 86.5 cm³/mol. The van der Waals surface area contributed by atoms with Gasteiger partial charge in [0.1, 0.15) is 11.6 Å². The summed E-state index contributed by atoms with van der Waals surface area (Å²) >= 11 is 0. The van der Waals surface area contributed by atoms with Crippen molar-refractivity contribution in [3.05, 3.63) is 16.2 Å². The van der Waals surface area contributed by atoms with E-state index in [9.17, 15) is 14.5 Å². The van der Waals surface area contributed by atoms with E-state index in [1.165, 1.54) is 0 Å². The molecule has 0 aliphatic heterocycles. The third-order valence-electron chi connectivity index (χ3n) is 7.84. The molecular formula is C19H25NO3. The van der Waals surface area contributed by atoms with Gasteiger partial charge in [0.2, 0.25) is 0 Å². The second-order valence-electron chi connectivity index (χ2n) is 8.65. The van der Waals surface area contributed by atoms with E-state index in [4.69, 9.17) is 0 Å². The summed E-state index contributed by atoms with van der Waals surface area (Å²) in [6, 6.07) is 0. The Hall–Kier alpha value is -1.32. The van der Waals surface area contributed by atoms with Crippen LogP contribution in [0.1, 0.15) is 65.2 Å². The molecule has 4 heteroatoms. The first-order chi connectivity index (χ1) is 10.9. The molecule has 3 saturated carbocycles. The van der Waals surface area contributed by atoms with Crippen molar-refractivity contribution in [2.24, 2.45) is 33.8 Å². The van der Waals surface area contributed by atoms with E-state index in [-0.39, 0.29) is 16.6 Å². The van der Waals surface area contributed by atoms with Gasteiger partial charge in [-0.2, -0.15) is 0 Å². The van der Waals surface area contributed by atoms with Crippen LogP contribution in [0.3, 0.4) is 0 Å². The fraction of sp³-hybridized carbons (Fsp3) is 0.789. The Morgan fingerprint density at radius 1 is 1.00 bits per heavy atom. The maximum absolute atomic E-state index is 12.4. The Morgan fingerprint density at radius 3 is 2.48 bits per heavy atom. The standard InChI is InChI=1S/C19H25NO3/c1-18-7-5-11(21)9-15(18)16(20-23)10-12-13-3-4-17(22)19(13,2)8-6-14(12)18/h12-14H,3-10H2,1-2H3/t12-,13-,14-,18+,19-/m0/s1. The van der Waals surface area contributed by atoms with E-state index >= 15 is 0 Å². The van der Waals surface area contributed by atoms with Gasteiger partial charge in [0.05, 0.1) is 5.70 Å². The molecule has 0 saturated heterocycles. The zero-order valence-corrected chi connectivity index (χ0v) is 14.1. The van der Waals surface area contributed by atoms with Gasteiger partial charge in [-0.1, -0.05) is 13.8 Å². The average Bonchev–Trinajstić information content (AvgIpc) is 2.83. The molecular weight excluding hydrogens is 290 g/mol. The van der Waals surface area contributed by atoms with E-state index < -0.39 is 0 Å². The van der Waals surface area contributed by atoms with Gasteiger partial charge in [-0.15, -0.1) is 4.91 Å². The Morgan fingerprint density at radius 2 is 1.74 bits per heavy atom. The molecule has 4 nitrogen and oxygen atoms in total. The highest BCUT2D eigenvalue weighted by Crippen LogP contribution is 2.64. The summed E-state index contributed by atoms with van der Waals surface area (Å²) in [6.45, 7) is 4.39. The molecule has 0 aromatic heterocycles. The number of allylic oxidation sites excluding steroid dienone is 2. The summed E-state index contributed by atoms with van der Waals surface area (Å²) in [5.74, 6) is 1.94. The van der Waals surface area contributed by atoms with Crippen LogP contribution in [0.25, 0.3) is 0 Å². The lowest BCUT2D eigenvalue weighted by molar-refractivity contribution is -0.132. The van der Waals surface area contributed by atoms with Gasteiger partial charge in [0.15, 0.2) is 0 Å². The molecule has 0 aromatic rings.